The second kappa shape index (κ2) is 5.86. The van der Waals surface area contributed by atoms with Gasteiger partial charge in [0, 0.05) is 5.56 Å². The second-order valence-corrected chi connectivity index (χ2v) is 4.91. The van der Waals surface area contributed by atoms with Crippen molar-refractivity contribution in [3.05, 3.63) is 45.3 Å². The van der Waals surface area contributed by atoms with E-state index in [9.17, 15) is 5.11 Å². The fourth-order valence-electron chi connectivity index (χ4n) is 1.76. The molecule has 6 heteroatoms. The van der Waals surface area contributed by atoms with Crippen LogP contribution in [0.15, 0.2) is 33.2 Å². The van der Waals surface area contributed by atoms with Gasteiger partial charge in [0.25, 0.3) is 0 Å². The van der Waals surface area contributed by atoms with Crippen molar-refractivity contribution >= 4 is 27.5 Å². The highest BCUT2D eigenvalue weighted by atomic mass is 79.9. The van der Waals surface area contributed by atoms with Gasteiger partial charge in [-0.2, -0.15) is 0 Å². The van der Waals surface area contributed by atoms with Crippen LogP contribution < -0.4 is 9.47 Å². The van der Waals surface area contributed by atoms with Crippen LogP contribution in [0.2, 0.25) is 5.22 Å². The first-order valence-corrected chi connectivity index (χ1v) is 6.59. The maximum atomic E-state index is 10.3. The Kier molecular flexibility index (Phi) is 4.39. The van der Waals surface area contributed by atoms with Crippen molar-refractivity contribution in [2.24, 2.45) is 0 Å². The van der Waals surface area contributed by atoms with E-state index >= 15 is 0 Å². The first-order chi connectivity index (χ1) is 9.08. The van der Waals surface area contributed by atoms with Gasteiger partial charge in [-0.15, -0.1) is 0 Å². The molecule has 0 fully saturated rings. The molecule has 0 saturated heterocycles. The Morgan fingerprint density at radius 2 is 1.95 bits per heavy atom. The van der Waals surface area contributed by atoms with Crippen LogP contribution in [0.25, 0.3) is 0 Å². The second-order valence-electron chi connectivity index (χ2n) is 3.75. The van der Waals surface area contributed by atoms with Gasteiger partial charge >= 0.3 is 0 Å². The first kappa shape index (κ1) is 14.2. The maximum absolute atomic E-state index is 10.3. The number of rotatable bonds is 4. The Bertz CT molecular complexity index is 582. The molecule has 1 aromatic heterocycles. The van der Waals surface area contributed by atoms with Crippen LogP contribution >= 0.6 is 27.5 Å². The molecule has 0 bridgehead atoms. The van der Waals surface area contributed by atoms with Gasteiger partial charge in [0.05, 0.1) is 14.2 Å². The Hall–Kier alpha value is -1.17. The van der Waals surface area contributed by atoms with E-state index < -0.39 is 6.10 Å². The van der Waals surface area contributed by atoms with Crippen LogP contribution in [0.1, 0.15) is 17.4 Å². The van der Waals surface area contributed by atoms with Crippen molar-refractivity contribution < 1.29 is 19.0 Å². The fourth-order valence-corrected chi connectivity index (χ4v) is 2.60. The lowest BCUT2D eigenvalue weighted by atomic mass is 10.1. The summed E-state index contributed by atoms with van der Waals surface area (Å²) in [4.78, 5) is 0. The lowest BCUT2D eigenvalue weighted by molar-refractivity contribution is 0.185. The van der Waals surface area contributed by atoms with Crippen LogP contribution in [-0.4, -0.2) is 19.3 Å². The number of benzene rings is 1. The molecule has 1 unspecified atom stereocenters. The molecular weight excluding hydrogens is 335 g/mol. The Morgan fingerprint density at radius 3 is 2.47 bits per heavy atom. The monoisotopic (exact) mass is 346 g/mol. The van der Waals surface area contributed by atoms with E-state index in [0.717, 1.165) is 0 Å². The summed E-state index contributed by atoms with van der Waals surface area (Å²) < 4.78 is 16.3. The number of furan rings is 1. The molecule has 0 saturated carbocycles. The number of aliphatic hydroxyl groups is 1. The first-order valence-electron chi connectivity index (χ1n) is 5.42. The Balaban J connectivity index is 2.47. The van der Waals surface area contributed by atoms with Gasteiger partial charge < -0.3 is 19.0 Å². The van der Waals surface area contributed by atoms with E-state index in [-0.39, 0.29) is 5.22 Å². The quantitative estimate of drug-likeness (QED) is 0.914. The Labute approximate surface area is 124 Å². The highest BCUT2D eigenvalue weighted by Gasteiger charge is 2.22. The average molecular weight is 348 g/mol. The minimum atomic E-state index is -0.968. The number of ether oxygens (including phenoxy) is 2. The topological polar surface area (TPSA) is 51.8 Å². The van der Waals surface area contributed by atoms with Crippen LogP contribution in [0.3, 0.4) is 0 Å². The smallest absolute Gasteiger partial charge is 0.193 e. The van der Waals surface area contributed by atoms with E-state index in [4.69, 9.17) is 25.5 Å². The van der Waals surface area contributed by atoms with Crippen molar-refractivity contribution in [3.8, 4) is 11.5 Å². The predicted molar refractivity (Wildman–Crippen MR) is 75.0 cm³/mol. The van der Waals surface area contributed by atoms with E-state index in [0.29, 0.717) is 27.3 Å². The summed E-state index contributed by atoms with van der Waals surface area (Å²) in [5.74, 6) is 1.45. The van der Waals surface area contributed by atoms with Gasteiger partial charge in [-0.25, -0.2) is 0 Å². The van der Waals surface area contributed by atoms with Crippen LogP contribution in [0.4, 0.5) is 0 Å². The van der Waals surface area contributed by atoms with E-state index in [1.54, 1.807) is 31.4 Å². The molecule has 1 N–H and O–H groups in total. The molecule has 0 aliphatic rings. The minimum absolute atomic E-state index is 0.223. The number of methoxy groups -OCH3 is 2. The van der Waals surface area contributed by atoms with Crippen molar-refractivity contribution in [1.29, 1.82) is 0 Å². The molecule has 1 aromatic carbocycles. The van der Waals surface area contributed by atoms with Crippen molar-refractivity contribution in [2.75, 3.05) is 14.2 Å². The highest BCUT2D eigenvalue weighted by Crippen LogP contribution is 2.41. The molecule has 0 aliphatic carbocycles. The summed E-state index contributed by atoms with van der Waals surface area (Å²) in [6.45, 7) is 0. The molecule has 4 nitrogen and oxygen atoms in total. The number of halogens is 2. The molecular formula is C13H12BrClO4. The van der Waals surface area contributed by atoms with Crippen molar-refractivity contribution in [1.82, 2.24) is 0 Å². The molecule has 0 spiro atoms. The zero-order valence-corrected chi connectivity index (χ0v) is 12.7. The molecule has 102 valence electrons. The molecule has 0 radical (unpaired) electrons. The average Bonchev–Trinajstić information content (AvgIpc) is 2.84. The van der Waals surface area contributed by atoms with Crippen molar-refractivity contribution in [2.45, 2.75) is 6.10 Å². The summed E-state index contributed by atoms with van der Waals surface area (Å²) in [6, 6.07) is 6.63. The van der Waals surface area contributed by atoms with Gasteiger partial charge in [-0.05, 0) is 51.8 Å². The summed E-state index contributed by atoms with van der Waals surface area (Å²) in [5, 5.41) is 10.5. The minimum Gasteiger partial charge on any atom is -0.495 e. The SMILES string of the molecule is COc1ccc(C(O)c2ccc(Cl)o2)c(OC)c1Br. The Morgan fingerprint density at radius 1 is 1.21 bits per heavy atom. The highest BCUT2D eigenvalue weighted by molar-refractivity contribution is 9.10. The van der Waals surface area contributed by atoms with Gasteiger partial charge in [-0.3, -0.25) is 0 Å². The van der Waals surface area contributed by atoms with Crippen molar-refractivity contribution in [3.63, 3.8) is 0 Å². The van der Waals surface area contributed by atoms with E-state index in [1.165, 1.54) is 7.11 Å². The molecule has 2 rings (SSSR count). The van der Waals surface area contributed by atoms with Crippen LogP contribution in [0.5, 0.6) is 11.5 Å². The zero-order valence-electron chi connectivity index (χ0n) is 10.3. The summed E-state index contributed by atoms with van der Waals surface area (Å²) in [5.41, 5.74) is 0.557. The molecule has 1 atom stereocenters. The van der Waals surface area contributed by atoms with Crippen LogP contribution in [-0.2, 0) is 0 Å². The van der Waals surface area contributed by atoms with E-state index in [1.807, 2.05) is 0 Å². The third-order valence-corrected chi connectivity index (χ3v) is 3.63. The maximum Gasteiger partial charge on any atom is 0.193 e. The summed E-state index contributed by atoms with van der Waals surface area (Å²) >= 11 is 9.09. The molecule has 2 aromatic rings. The van der Waals surface area contributed by atoms with Gasteiger partial charge in [-0.1, -0.05) is 0 Å². The summed E-state index contributed by atoms with van der Waals surface area (Å²) in [6.07, 6.45) is -0.968. The molecule has 0 aliphatic heterocycles. The molecule has 1 heterocycles. The third-order valence-electron chi connectivity index (χ3n) is 2.67. The zero-order chi connectivity index (χ0) is 14.0. The van der Waals surface area contributed by atoms with Gasteiger partial charge in [0.2, 0.25) is 0 Å². The molecule has 19 heavy (non-hydrogen) atoms. The number of hydrogen-bond donors (Lipinski definition) is 1. The normalized spacial score (nSPS) is 12.3. The van der Waals surface area contributed by atoms with Crippen LogP contribution in [0, 0.1) is 0 Å². The number of hydrogen-bond acceptors (Lipinski definition) is 4. The standard InChI is InChI=1S/C13H12BrClO4/c1-17-8-4-3-7(13(18-2)11(8)14)12(16)9-5-6-10(15)19-9/h3-6,12,16H,1-2H3. The lowest BCUT2D eigenvalue weighted by Gasteiger charge is -2.16. The summed E-state index contributed by atoms with van der Waals surface area (Å²) in [7, 11) is 3.08. The van der Waals surface area contributed by atoms with Gasteiger partial charge in [0.1, 0.15) is 27.8 Å². The van der Waals surface area contributed by atoms with Gasteiger partial charge in [0.15, 0.2) is 5.22 Å². The predicted octanol–water partition coefficient (Wildman–Crippen LogP) is 3.79. The molecule has 0 amide bonds. The fraction of sp³-hybridized carbons (Fsp3) is 0.231. The largest absolute Gasteiger partial charge is 0.495 e. The number of aliphatic hydroxyl groups excluding tert-OH is 1. The van der Waals surface area contributed by atoms with E-state index in [2.05, 4.69) is 15.9 Å². The lowest BCUT2D eigenvalue weighted by Crippen LogP contribution is -2.02. The third kappa shape index (κ3) is 2.73.